The summed E-state index contributed by atoms with van der Waals surface area (Å²) in [7, 11) is 3.20. The highest BCUT2D eigenvalue weighted by molar-refractivity contribution is 7.98. The van der Waals surface area contributed by atoms with E-state index in [4.69, 9.17) is 13.9 Å². The first-order valence-corrected chi connectivity index (χ1v) is 6.11. The topological polar surface area (TPSA) is 57.4 Å². The maximum atomic E-state index is 5.47. The van der Waals surface area contributed by atoms with E-state index in [9.17, 15) is 0 Å². The van der Waals surface area contributed by atoms with Crippen molar-refractivity contribution in [2.45, 2.75) is 5.22 Å². The number of methoxy groups -OCH3 is 2. The monoisotopic (exact) mass is 252 g/mol. The van der Waals surface area contributed by atoms with Crippen LogP contribution in [-0.2, 0) is 0 Å². The highest BCUT2D eigenvalue weighted by Gasteiger charge is 2.14. The molecule has 0 aliphatic carbocycles. The molecule has 0 unspecified atom stereocenters. The summed E-state index contributed by atoms with van der Waals surface area (Å²) >= 11 is 1.40. The first kappa shape index (κ1) is 11.8. The highest BCUT2D eigenvalue weighted by Crippen LogP contribution is 2.33. The van der Waals surface area contributed by atoms with Crippen LogP contribution in [0.2, 0.25) is 0 Å². The number of aromatic nitrogens is 2. The van der Waals surface area contributed by atoms with Crippen LogP contribution in [0.1, 0.15) is 0 Å². The number of thioether (sulfide) groups is 1. The molecule has 0 radical (unpaired) electrons. The Kier molecular flexibility index (Phi) is 3.53. The van der Waals surface area contributed by atoms with Gasteiger partial charge < -0.3 is 13.9 Å². The number of benzene rings is 1. The van der Waals surface area contributed by atoms with Crippen LogP contribution in [0.25, 0.3) is 11.5 Å². The number of hydrogen-bond donors (Lipinski definition) is 0. The van der Waals surface area contributed by atoms with Crippen molar-refractivity contribution < 1.29 is 13.9 Å². The predicted molar refractivity (Wildman–Crippen MR) is 64.6 cm³/mol. The third kappa shape index (κ3) is 2.36. The normalized spacial score (nSPS) is 10.3. The molecule has 0 N–H and O–H groups in total. The van der Waals surface area contributed by atoms with Crippen molar-refractivity contribution in [3.8, 4) is 23.0 Å². The molecule has 0 bridgehead atoms. The highest BCUT2D eigenvalue weighted by atomic mass is 32.2. The molecule has 0 saturated heterocycles. The van der Waals surface area contributed by atoms with Crippen LogP contribution in [0.4, 0.5) is 0 Å². The SMILES string of the molecule is COc1ccc(OC)c(-c2nnc(SC)o2)c1. The average Bonchev–Trinajstić information content (AvgIpc) is 2.86. The molecule has 2 rings (SSSR count). The molecular formula is C11H12N2O3S. The average molecular weight is 252 g/mol. The molecule has 0 saturated carbocycles. The zero-order valence-electron chi connectivity index (χ0n) is 9.76. The first-order valence-electron chi connectivity index (χ1n) is 4.88. The first-order chi connectivity index (χ1) is 8.28. The molecule has 1 aromatic carbocycles. The van der Waals surface area contributed by atoms with Gasteiger partial charge in [0.05, 0.1) is 19.8 Å². The standard InChI is InChI=1S/C11H12N2O3S/c1-14-7-4-5-9(15-2)8(6-7)10-12-13-11(16-10)17-3/h4-6H,1-3H3. The molecule has 90 valence electrons. The summed E-state index contributed by atoms with van der Waals surface area (Å²) in [5, 5.41) is 8.38. The van der Waals surface area contributed by atoms with Crippen LogP contribution >= 0.6 is 11.8 Å². The second-order valence-corrected chi connectivity index (χ2v) is 3.90. The number of ether oxygens (including phenoxy) is 2. The van der Waals surface area contributed by atoms with Crippen LogP contribution in [-0.4, -0.2) is 30.7 Å². The number of rotatable bonds is 4. The maximum absolute atomic E-state index is 5.47. The zero-order valence-corrected chi connectivity index (χ0v) is 10.6. The van der Waals surface area contributed by atoms with Gasteiger partial charge in [-0.15, -0.1) is 10.2 Å². The summed E-state index contributed by atoms with van der Waals surface area (Å²) in [5.74, 6) is 1.80. The zero-order chi connectivity index (χ0) is 12.3. The van der Waals surface area contributed by atoms with Gasteiger partial charge in [0.25, 0.3) is 11.1 Å². The smallest absolute Gasteiger partial charge is 0.276 e. The van der Waals surface area contributed by atoms with Gasteiger partial charge in [0.1, 0.15) is 11.5 Å². The van der Waals surface area contributed by atoms with Gasteiger partial charge in [-0.25, -0.2) is 0 Å². The van der Waals surface area contributed by atoms with Crippen molar-refractivity contribution in [1.29, 1.82) is 0 Å². The van der Waals surface area contributed by atoms with Crippen molar-refractivity contribution in [2.75, 3.05) is 20.5 Å². The van der Waals surface area contributed by atoms with E-state index < -0.39 is 0 Å². The van der Waals surface area contributed by atoms with Crippen LogP contribution in [0.3, 0.4) is 0 Å². The Morgan fingerprint density at radius 2 is 2.00 bits per heavy atom. The van der Waals surface area contributed by atoms with E-state index >= 15 is 0 Å². The molecule has 17 heavy (non-hydrogen) atoms. The second-order valence-electron chi connectivity index (χ2n) is 3.14. The molecule has 0 atom stereocenters. The Morgan fingerprint density at radius 1 is 1.18 bits per heavy atom. The van der Waals surface area contributed by atoms with E-state index in [1.807, 2.05) is 12.3 Å². The summed E-state index contributed by atoms with van der Waals surface area (Å²) in [6.45, 7) is 0. The fourth-order valence-electron chi connectivity index (χ4n) is 1.38. The van der Waals surface area contributed by atoms with E-state index in [2.05, 4.69) is 10.2 Å². The summed E-state index contributed by atoms with van der Waals surface area (Å²) in [6.07, 6.45) is 1.88. The molecule has 2 aromatic rings. The predicted octanol–water partition coefficient (Wildman–Crippen LogP) is 2.48. The van der Waals surface area contributed by atoms with Crippen LogP contribution in [0, 0.1) is 0 Å². The molecule has 0 aliphatic heterocycles. The summed E-state index contributed by atoms with van der Waals surface area (Å²) < 4.78 is 15.9. The van der Waals surface area contributed by atoms with Crippen LogP contribution in [0.5, 0.6) is 11.5 Å². The fourth-order valence-corrected chi connectivity index (χ4v) is 1.67. The lowest BCUT2D eigenvalue weighted by molar-refractivity contribution is 0.401. The van der Waals surface area contributed by atoms with E-state index in [-0.39, 0.29) is 0 Å². The second kappa shape index (κ2) is 5.09. The van der Waals surface area contributed by atoms with E-state index in [0.29, 0.717) is 22.6 Å². The Labute approximate surface area is 103 Å². The van der Waals surface area contributed by atoms with Gasteiger partial charge in [0.15, 0.2) is 0 Å². The van der Waals surface area contributed by atoms with Gasteiger partial charge in [0, 0.05) is 0 Å². The van der Waals surface area contributed by atoms with Gasteiger partial charge >= 0.3 is 0 Å². The minimum absolute atomic E-state index is 0.421. The van der Waals surface area contributed by atoms with Gasteiger partial charge in [-0.05, 0) is 24.5 Å². The van der Waals surface area contributed by atoms with E-state index in [0.717, 1.165) is 5.56 Å². The summed E-state index contributed by atoms with van der Waals surface area (Å²) in [6, 6.07) is 5.42. The molecular weight excluding hydrogens is 240 g/mol. The van der Waals surface area contributed by atoms with Crippen molar-refractivity contribution in [3.05, 3.63) is 18.2 Å². The van der Waals surface area contributed by atoms with E-state index in [1.165, 1.54) is 11.8 Å². The Balaban J connectivity index is 2.47. The van der Waals surface area contributed by atoms with Crippen molar-refractivity contribution >= 4 is 11.8 Å². The molecule has 0 aliphatic rings. The quantitative estimate of drug-likeness (QED) is 0.779. The van der Waals surface area contributed by atoms with Gasteiger partial charge in [-0.3, -0.25) is 0 Å². The van der Waals surface area contributed by atoms with Gasteiger partial charge in [-0.2, -0.15) is 0 Å². The minimum Gasteiger partial charge on any atom is -0.497 e. The summed E-state index contributed by atoms with van der Waals surface area (Å²) in [5.41, 5.74) is 0.722. The Bertz CT molecular complexity index is 513. The lowest BCUT2D eigenvalue weighted by Gasteiger charge is -2.06. The summed E-state index contributed by atoms with van der Waals surface area (Å²) in [4.78, 5) is 0. The molecule has 1 heterocycles. The molecule has 1 aromatic heterocycles. The van der Waals surface area contributed by atoms with Crippen molar-refractivity contribution in [2.24, 2.45) is 0 Å². The van der Waals surface area contributed by atoms with Gasteiger partial charge in [0.2, 0.25) is 0 Å². The molecule has 0 fully saturated rings. The fraction of sp³-hybridized carbons (Fsp3) is 0.273. The molecule has 6 heteroatoms. The Morgan fingerprint density at radius 3 is 2.59 bits per heavy atom. The van der Waals surface area contributed by atoms with Crippen LogP contribution in [0.15, 0.2) is 27.8 Å². The molecule has 0 amide bonds. The van der Waals surface area contributed by atoms with Gasteiger partial charge in [-0.1, -0.05) is 11.8 Å². The maximum Gasteiger partial charge on any atom is 0.276 e. The van der Waals surface area contributed by atoms with E-state index in [1.54, 1.807) is 26.4 Å². The minimum atomic E-state index is 0.421. The third-order valence-corrected chi connectivity index (χ3v) is 2.73. The number of nitrogens with zero attached hydrogens (tertiary/aromatic N) is 2. The lowest BCUT2D eigenvalue weighted by Crippen LogP contribution is -1.90. The molecule has 5 nitrogen and oxygen atoms in total. The number of hydrogen-bond acceptors (Lipinski definition) is 6. The van der Waals surface area contributed by atoms with Crippen LogP contribution < -0.4 is 9.47 Å². The van der Waals surface area contributed by atoms with Crippen molar-refractivity contribution in [3.63, 3.8) is 0 Å². The lowest BCUT2D eigenvalue weighted by atomic mass is 10.2. The Hall–Kier alpha value is -1.69. The largest absolute Gasteiger partial charge is 0.497 e. The molecule has 0 spiro atoms. The third-order valence-electron chi connectivity index (χ3n) is 2.22. The van der Waals surface area contributed by atoms with Crippen molar-refractivity contribution in [1.82, 2.24) is 10.2 Å².